The standard InChI is InChI=1S/C14H10BrClN2/c15-11-7-4-8-12-13(11)17-14(16)18(12)9-10-5-2-1-3-6-10/h1-8H,9H2. The van der Waals surface area contributed by atoms with Gasteiger partial charge in [-0.3, -0.25) is 0 Å². The number of rotatable bonds is 2. The van der Waals surface area contributed by atoms with Crippen molar-refractivity contribution in [2.75, 3.05) is 0 Å². The topological polar surface area (TPSA) is 17.8 Å². The Bertz CT molecular complexity index is 692. The van der Waals surface area contributed by atoms with Crippen LogP contribution in [0.15, 0.2) is 53.0 Å². The molecule has 0 radical (unpaired) electrons. The fourth-order valence-corrected chi connectivity index (χ4v) is 2.68. The zero-order valence-electron chi connectivity index (χ0n) is 9.48. The van der Waals surface area contributed by atoms with Gasteiger partial charge in [-0.1, -0.05) is 36.4 Å². The van der Waals surface area contributed by atoms with Gasteiger partial charge in [0.2, 0.25) is 5.28 Å². The minimum absolute atomic E-state index is 0.515. The Morgan fingerprint density at radius 2 is 1.83 bits per heavy atom. The predicted octanol–water partition coefficient (Wildman–Crippen LogP) is 4.50. The molecule has 0 aliphatic heterocycles. The molecule has 3 rings (SSSR count). The average Bonchev–Trinajstić information content (AvgIpc) is 2.70. The summed E-state index contributed by atoms with van der Waals surface area (Å²) >= 11 is 9.72. The molecule has 0 unspecified atom stereocenters. The number of benzene rings is 2. The van der Waals surface area contributed by atoms with Crippen molar-refractivity contribution in [1.82, 2.24) is 9.55 Å². The lowest BCUT2D eigenvalue weighted by Gasteiger charge is -2.05. The van der Waals surface area contributed by atoms with Crippen molar-refractivity contribution < 1.29 is 0 Å². The second-order valence-electron chi connectivity index (χ2n) is 4.06. The van der Waals surface area contributed by atoms with Crippen LogP contribution in [0.2, 0.25) is 5.28 Å². The molecule has 2 nitrogen and oxygen atoms in total. The van der Waals surface area contributed by atoms with Crippen molar-refractivity contribution in [3.05, 3.63) is 63.9 Å². The highest BCUT2D eigenvalue weighted by Gasteiger charge is 2.10. The van der Waals surface area contributed by atoms with Crippen molar-refractivity contribution in [3.8, 4) is 0 Å². The second kappa shape index (κ2) is 4.75. The first-order valence-corrected chi connectivity index (χ1v) is 6.77. The third-order valence-corrected chi connectivity index (χ3v) is 3.80. The maximum Gasteiger partial charge on any atom is 0.204 e. The molecule has 1 aromatic heterocycles. The van der Waals surface area contributed by atoms with Crippen LogP contribution in [0.25, 0.3) is 11.0 Å². The first-order chi connectivity index (χ1) is 8.75. The number of para-hydroxylation sites is 1. The van der Waals surface area contributed by atoms with Crippen LogP contribution in [0.4, 0.5) is 0 Å². The van der Waals surface area contributed by atoms with Gasteiger partial charge < -0.3 is 4.57 Å². The molecule has 0 spiro atoms. The number of nitrogens with zero attached hydrogens (tertiary/aromatic N) is 2. The van der Waals surface area contributed by atoms with Gasteiger partial charge in [0.1, 0.15) is 5.52 Å². The molecule has 0 fully saturated rings. The van der Waals surface area contributed by atoms with E-state index in [0.29, 0.717) is 5.28 Å². The Morgan fingerprint density at radius 3 is 2.61 bits per heavy atom. The summed E-state index contributed by atoms with van der Waals surface area (Å²) < 4.78 is 2.98. The van der Waals surface area contributed by atoms with Gasteiger partial charge >= 0.3 is 0 Å². The Kier molecular flexibility index (Phi) is 3.10. The summed E-state index contributed by atoms with van der Waals surface area (Å²) in [5.41, 5.74) is 3.15. The van der Waals surface area contributed by atoms with Crippen molar-refractivity contribution in [3.63, 3.8) is 0 Å². The molecule has 0 aliphatic carbocycles. The minimum atomic E-state index is 0.515. The second-order valence-corrected chi connectivity index (χ2v) is 5.25. The zero-order valence-corrected chi connectivity index (χ0v) is 11.8. The van der Waals surface area contributed by atoms with E-state index in [0.717, 1.165) is 22.1 Å². The lowest BCUT2D eigenvalue weighted by atomic mass is 10.2. The number of hydrogen-bond donors (Lipinski definition) is 0. The molecular weight excluding hydrogens is 312 g/mol. The number of hydrogen-bond acceptors (Lipinski definition) is 1. The van der Waals surface area contributed by atoms with E-state index in [4.69, 9.17) is 11.6 Å². The fourth-order valence-electron chi connectivity index (χ4n) is 2.00. The molecule has 4 heteroatoms. The van der Waals surface area contributed by atoms with Gasteiger partial charge in [0.15, 0.2) is 0 Å². The van der Waals surface area contributed by atoms with E-state index in [9.17, 15) is 0 Å². The molecule has 2 aromatic carbocycles. The van der Waals surface area contributed by atoms with Gasteiger partial charge in [0.25, 0.3) is 0 Å². The molecule has 0 bridgehead atoms. The van der Waals surface area contributed by atoms with Crippen LogP contribution in [0.5, 0.6) is 0 Å². The number of aromatic nitrogens is 2. The summed E-state index contributed by atoms with van der Waals surface area (Å²) in [6.07, 6.45) is 0. The number of imidazole rings is 1. The van der Waals surface area contributed by atoms with Crippen LogP contribution in [0.3, 0.4) is 0 Å². The smallest absolute Gasteiger partial charge is 0.204 e. The van der Waals surface area contributed by atoms with Crippen molar-refractivity contribution >= 4 is 38.6 Å². The quantitative estimate of drug-likeness (QED) is 0.679. The van der Waals surface area contributed by atoms with E-state index in [1.807, 2.05) is 41.0 Å². The van der Waals surface area contributed by atoms with Crippen LogP contribution < -0.4 is 0 Å². The summed E-state index contributed by atoms with van der Waals surface area (Å²) in [5, 5.41) is 0.515. The Morgan fingerprint density at radius 1 is 1.06 bits per heavy atom. The molecule has 0 saturated carbocycles. The third-order valence-electron chi connectivity index (χ3n) is 2.87. The highest BCUT2D eigenvalue weighted by Crippen LogP contribution is 2.27. The molecule has 0 atom stereocenters. The highest BCUT2D eigenvalue weighted by atomic mass is 79.9. The molecule has 0 aliphatic rings. The molecule has 18 heavy (non-hydrogen) atoms. The van der Waals surface area contributed by atoms with Gasteiger partial charge in [-0.15, -0.1) is 0 Å². The Labute approximate surface area is 118 Å². The van der Waals surface area contributed by atoms with Crippen LogP contribution in [-0.4, -0.2) is 9.55 Å². The SMILES string of the molecule is Clc1nc2c(Br)cccc2n1Cc1ccccc1. The number of halogens is 2. The van der Waals surface area contributed by atoms with Gasteiger partial charge in [-0.2, -0.15) is 0 Å². The average molecular weight is 322 g/mol. The third kappa shape index (κ3) is 2.04. The summed E-state index contributed by atoms with van der Waals surface area (Å²) in [7, 11) is 0. The zero-order chi connectivity index (χ0) is 12.5. The monoisotopic (exact) mass is 320 g/mol. The predicted molar refractivity (Wildman–Crippen MR) is 78.0 cm³/mol. The Balaban J connectivity index is 2.12. The van der Waals surface area contributed by atoms with Gasteiger partial charge in [0.05, 0.1) is 12.1 Å². The first kappa shape index (κ1) is 11.8. The van der Waals surface area contributed by atoms with Gasteiger partial charge in [-0.05, 0) is 45.2 Å². The summed E-state index contributed by atoms with van der Waals surface area (Å²) in [6, 6.07) is 16.2. The molecule has 3 aromatic rings. The molecule has 0 saturated heterocycles. The molecule has 0 N–H and O–H groups in total. The largest absolute Gasteiger partial charge is 0.310 e. The van der Waals surface area contributed by atoms with Crippen LogP contribution in [0, 0.1) is 0 Å². The number of fused-ring (bicyclic) bond motifs is 1. The molecular formula is C14H10BrClN2. The molecule has 1 heterocycles. The van der Waals surface area contributed by atoms with E-state index < -0.39 is 0 Å². The molecule has 0 amide bonds. The van der Waals surface area contributed by atoms with Crippen LogP contribution >= 0.6 is 27.5 Å². The lowest BCUT2D eigenvalue weighted by molar-refractivity contribution is 0.825. The summed E-state index contributed by atoms with van der Waals surface area (Å²) in [5.74, 6) is 0. The fraction of sp³-hybridized carbons (Fsp3) is 0.0714. The van der Waals surface area contributed by atoms with Crippen LogP contribution in [-0.2, 0) is 6.54 Å². The first-order valence-electron chi connectivity index (χ1n) is 5.60. The Hall–Kier alpha value is -1.32. The van der Waals surface area contributed by atoms with E-state index in [2.05, 4.69) is 33.0 Å². The van der Waals surface area contributed by atoms with Crippen molar-refractivity contribution in [1.29, 1.82) is 0 Å². The lowest BCUT2D eigenvalue weighted by Crippen LogP contribution is -1.99. The van der Waals surface area contributed by atoms with E-state index in [-0.39, 0.29) is 0 Å². The van der Waals surface area contributed by atoms with Gasteiger partial charge in [-0.25, -0.2) is 4.98 Å². The van der Waals surface area contributed by atoms with Crippen LogP contribution in [0.1, 0.15) is 5.56 Å². The van der Waals surface area contributed by atoms with E-state index in [1.165, 1.54) is 5.56 Å². The van der Waals surface area contributed by atoms with Crippen molar-refractivity contribution in [2.24, 2.45) is 0 Å². The maximum atomic E-state index is 6.22. The minimum Gasteiger partial charge on any atom is -0.310 e. The maximum absolute atomic E-state index is 6.22. The van der Waals surface area contributed by atoms with E-state index in [1.54, 1.807) is 0 Å². The summed E-state index contributed by atoms with van der Waals surface area (Å²) in [6.45, 7) is 0.729. The normalized spacial score (nSPS) is 11.0. The summed E-state index contributed by atoms with van der Waals surface area (Å²) in [4.78, 5) is 4.39. The highest BCUT2D eigenvalue weighted by molar-refractivity contribution is 9.10. The van der Waals surface area contributed by atoms with Crippen molar-refractivity contribution in [2.45, 2.75) is 6.54 Å². The van der Waals surface area contributed by atoms with E-state index >= 15 is 0 Å². The molecule has 90 valence electrons. The van der Waals surface area contributed by atoms with Gasteiger partial charge in [0, 0.05) is 4.47 Å².